The van der Waals surface area contributed by atoms with E-state index in [4.69, 9.17) is 9.47 Å². The molecule has 1 N–H and O–H groups in total. The fourth-order valence-corrected chi connectivity index (χ4v) is 2.34. The van der Waals surface area contributed by atoms with Crippen LogP contribution in [-0.2, 0) is 16.1 Å². The molecule has 1 fully saturated rings. The van der Waals surface area contributed by atoms with Crippen LogP contribution in [-0.4, -0.2) is 35.7 Å². The molecule has 1 aromatic heterocycles. The molecule has 0 spiro atoms. The second-order valence-corrected chi connectivity index (χ2v) is 4.79. The van der Waals surface area contributed by atoms with Crippen molar-refractivity contribution in [3.05, 3.63) is 5.82 Å². The van der Waals surface area contributed by atoms with Crippen molar-refractivity contribution in [2.24, 2.45) is 0 Å². The molecule has 0 aromatic carbocycles. The molecule has 6 heteroatoms. The molecular weight excluding hydrogens is 226 g/mol. The normalized spacial score (nSPS) is 18.1. The highest BCUT2D eigenvalue weighted by Gasteiger charge is 2.36. The highest BCUT2D eigenvalue weighted by atomic mass is 32.1. The average molecular weight is 243 g/mol. The van der Waals surface area contributed by atoms with Gasteiger partial charge in [0.25, 0.3) is 0 Å². The molecule has 0 amide bonds. The van der Waals surface area contributed by atoms with E-state index in [-0.39, 0.29) is 5.60 Å². The summed E-state index contributed by atoms with van der Waals surface area (Å²) in [5.41, 5.74) is 0.0209. The number of aromatic nitrogens is 2. The lowest BCUT2D eigenvalue weighted by molar-refractivity contribution is -0.0601. The van der Waals surface area contributed by atoms with Gasteiger partial charge in [-0.2, -0.15) is 4.37 Å². The first-order valence-corrected chi connectivity index (χ1v) is 6.16. The maximum absolute atomic E-state index is 5.52. The summed E-state index contributed by atoms with van der Waals surface area (Å²) in [5.74, 6) is 0.732. The molecule has 0 saturated heterocycles. The zero-order chi connectivity index (χ0) is 11.4. The molecule has 0 radical (unpaired) electrons. The van der Waals surface area contributed by atoms with E-state index in [1.807, 2.05) is 0 Å². The Hall–Kier alpha value is -0.720. The van der Waals surface area contributed by atoms with E-state index in [0.29, 0.717) is 6.61 Å². The number of hydrogen-bond donors (Lipinski definition) is 1. The lowest BCUT2D eigenvalue weighted by atomic mass is 9.80. The zero-order valence-electron chi connectivity index (χ0n) is 9.65. The van der Waals surface area contributed by atoms with Crippen LogP contribution < -0.4 is 5.32 Å². The van der Waals surface area contributed by atoms with Gasteiger partial charge in [0.2, 0.25) is 5.13 Å². The molecule has 16 heavy (non-hydrogen) atoms. The van der Waals surface area contributed by atoms with Gasteiger partial charge in [0.15, 0.2) is 5.82 Å². The highest BCUT2D eigenvalue weighted by Crippen LogP contribution is 2.35. The summed E-state index contributed by atoms with van der Waals surface area (Å²) < 4.78 is 14.7. The Labute approximate surface area is 99.3 Å². The van der Waals surface area contributed by atoms with Gasteiger partial charge in [0.05, 0.1) is 5.60 Å². The predicted molar refractivity (Wildman–Crippen MR) is 62.7 cm³/mol. The molecule has 0 bridgehead atoms. The Morgan fingerprint density at radius 3 is 2.81 bits per heavy atom. The minimum absolute atomic E-state index is 0.0209. The van der Waals surface area contributed by atoms with Gasteiger partial charge >= 0.3 is 0 Å². The fraction of sp³-hybridized carbons (Fsp3) is 0.800. The maximum atomic E-state index is 5.52. The second-order valence-electron chi connectivity index (χ2n) is 4.04. The number of nitrogens with zero attached hydrogens (tertiary/aromatic N) is 2. The molecule has 0 unspecified atom stereocenters. The first-order chi connectivity index (χ1) is 7.78. The third kappa shape index (κ3) is 2.50. The van der Waals surface area contributed by atoms with Crippen LogP contribution in [0.25, 0.3) is 0 Å². The quantitative estimate of drug-likeness (QED) is 0.823. The maximum Gasteiger partial charge on any atom is 0.202 e. The first-order valence-electron chi connectivity index (χ1n) is 5.38. The van der Waals surface area contributed by atoms with Crippen LogP contribution in [0.15, 0.2) is 0 Å². The van der Waals surface area contributed by atoms with Crippen molar-refractivity contribution >= 4 is 16.7 Å². The SMILES string of the molecule is COCc1nsc(NCC2(OC)CCC2)n1. The Morgan fingerprint density at radius 2 is 2.25 bits per heavy atom. The minimum Gasteiger partial charge on any atom is -0.377 e. The summed E-state index contributed by atoms with van der Waals surface area (Å²) in [6, 6.07) is 0. The van der Waals surface area contributed by atoms with E-state index in [0.717, 1.165) is 30.3 Å². The fourth-order valence-electron chi connectivity index (χ4n) is 1.77. The lowest BCUT2D eigenvalue weighted by Gasteiger charge is -2.40. The highest BCUT2D eigenvalue weighted by molar-refractivity contribution is 7.09. The number of nitrogens with one attached hydrogen (secondary N) is 1. The summed E-state index contributed by atoms with van der Waals surface area (Å²) in [4.78, 5) is 4.31. The molecule has 90 valence electrons. The van der Waals surface area contributed by atoms with Crippen LogP contribution in [0, 0.1) is 0 Å². The van der Waals surface area contributed by atoms with Gasteiger partial charge in [-0.25, -0.2) is 4.98 Å². The number of rotatable bonds is 6. The monoisotopic (exact) mass is 243 g/mol. The summed E-state index contributed by atoms with van der Waals surface area (Å²) >= 11 is 1.37. The van der Waals surface area contributed by atoms with Gasteiger partial charge in [-0.3, -0.25) is 0 Å². The van der Waals surface area contributed by atoms with Crippen LogP contribution in [0.4, 0.5) is 5.13 Å². The van der Waals surface area contributed by atoms with Crippen molar-refractivity contribution in [3.63, 3.8) is 0 Å². The molecule has 1 saturated carbocycles. The lowest BCUT2D eigenvalue weighted by Crippen LogP contribution is -2.45. The van der Waals surface area contributed by atoms with Gasteiger partial charge in [-0.15, -0.1) is 0 Å². The topological polar surface area (TPSA) is 56.3 Å². The first kappa shape index (κ1) is 11.8. The molecular formula is C10H17N3O2S. The Bertz CT molecular complexity index is 333. The third-order valence-electron chi connectivity index (χ3n) is 3.00. The van der Waals surface area contributed by atoms with Gasteiger partial charge in [-0.05, 0) is 19.3 Å². The van der Waals surface area contributed by atoms with Crippen molar-refractivity contribution < 1.29 is 9.47 Å². The zero-order valence-corrected chi connectivity index (χ0v) is 10.5. The number of anilines is 1. The van der Waals surface area contributed by atoms with Crippen molar-refractivity contribution in [3.8, 4) is 0 Å². The van der Waals surface area contributed by atoms with E-state index in [9.17, 15) is 0 Å². The molecule has 2 rings (SSSR count). The van der Waals surface area contributed by atoms with Gasteiger partial charge < -0.3 is 14.8 Å². The van der Waals surface area contributed by atoms with E-state index in [1.54, 1.807) is 14.2 Å². The molecule has 1 aliphatic carbocycles. The Balaban J connectivity index is 1.84. The molecule has 1 aliphatic rings. The smallest absolute Gasteiger partial charge is 0.202 e. The summed E-state index contributed by atoms with van der Waals surface area (Å²) in [6.45, 7) is 1.28. The standard InChI is InChI=1S/C10H17N3O2S/c1-14-6-8-12-9(16-13-8)11-7-10(15-2)4-3-5-10/h3-7H2,1-2H3,(H,11,12,13). The third-order valence-corrected chi connectivity index (χ3v) is 3.71. The van der Waals surface area contributed by atoms with Gasteiger partial charge in [0.1, 0.15) is 6.61 Å². The summed E-state index contributed by atoms with van der Waals surface area (Å²) in [5, 5.41) is 4.12. The number of hydrogen-bond acceptors (Lipinski definition) is 6. The molecule has 0 atom stereocenters. The Kier molecular flexibility index (Phi) is 3.73. The van der Waals surface area contributed by atoms with E-state index in [2.05, 4.69) is 14.7 Å². The summed E-state index contributed by atoms with van der Waals surface area (Å²) in [7, 11) is 3.42. The largest absolute Gasteiger partial charge is 0.377 e. The number of methoxy groups -OCH3 is 2. The van der Waals surface area contributed by atoms with Crippen LogP contribution in [0.3, 0.4) is 0 Å². The minimum atomic E-state index is 0.0209. The van der Waals surface area contributed by atoms with Crippen LogP contribution in [0.5, 0.6) is 0 Å². The Morgan fingerprint density at radius 1 is 1.44 bits per heavy atom. The van der Waals surface area contributed by atoms with Crippen LogP contribution in [0.2, 0.25) is 0 Å². The van der Waals surface area contributed by atoms with Crippen LogP contribution in [0.1, 0.15) is 25.1 Å². The van der Waals surface area contributed by atoms with Crippen molar-refractivity contribution in [1.29, 1.82) is 0 Å². The average Bonchev–Trinajstić information content (AvgIpc) is 2.66. The molecule has 1 aromatic rings. The van der Waals surface area contributed by atoms with E-state index < -0.39 is 0 Å². The van der Waals surface area contributed by atoms with Crippen molar-refractivity contribution in [2.45, 2.75) is 31.5 Å². The van der Waals surface area contributed by atoms with Gasteiger partial charge in [-0.1, -0.05) is 0 Å². The van der Waals surface area contributed by atoms with Crippen molar-refractivity contribution in [2.75, 3.05) is 26.1 Å². The van der Waals surface area contributed by atoms with Crippen LogP contribution >= 0.6 is 11.5 Å². The molecule has 5 nitrogen and oxygen atoms in total. The second kappa shape index (κ2) is 5.07. The van der Waals surface area contributed by atoms with Gasteiger partial charge in [0, 0.05) is 32.3 Å². The summed E-state index contributed by atoms with van der Waals surface area (Å²) in [6.07, 6.45) is 3.50. The molecule has 0 aliphatic heterocycles. The number of ether oxygens (including phenoxy) is 2. The predicted octanol–water partition coefficient (Wildman–Crippen LogP) is 1.67. The van der Waals surface area contributed by atoms with Crippen molar-refractivity contribution in [1.82, 2.24) is 9.36 Å². The van der Waals surface area contributed by atoms with E-state index >= 15 is 0 Å². The van der Waals surface area contributed by atoms with E-state index in [1.165, 1.54) is 18.0 Å². The molecule has 1 heterocycles.